The molecule has 0 fully saturated rings. The molecule has 1 heterocycles. The predicted molar refractivity (Wildman–Crippen MR) is 128 cm³/mol. The molecule has 2 aromatic carbocycles. The Morgan fingerprint density at radius 2 is 1.67 bits per heavy atom. The van der Waals surface area contributed by atoms with E-state index >= 15 is 0 Å². The molecular weight excluding hydrogens is 420 g/mol. The fraction of sp³-hybridized carbons (Fsp3) is 0.280. The molecule has 1 aromatic heterocycles. The molecule has 0 spiro atoms. The largest absolute Gasteiger partial charge is 0.451 e. The van der Waals surface area contributed by atoms with Crippen molar-refractivity contribution >= 4 is 28.9 Å². The van der Waals surface area contributed by atoms with Crippen molar-refractivity contribution in [2.45, 2.75) is 39.8 Å². The molecule has 0 unspecified atom stereocenters. The number of carbonyl (C=O) groups is 2. The highest BCUT2D eigenvalue weighted by Crippen LogP contribution is 2.23. The number of carbonyl (C=O) groups excluding carboxylic acids is 2. The molecule has 1 amide bonds. The molecule has 33 heavy (non-hydrogen) atoms. The molecular formula is C25H28N4O4. The summed E-state index contributed by atoms with van der Waals surface area (Å²) in [4.78, 5) is 38.6. The number of anilines is 3. The summed E-state index contributed by atoms with van der Waals surface area (Å²) in [6.07, 6.45) is 0.701. The van der Waals surface area contributed by atoms with Crippen LogP contribution in [0.3, 0.4) is 0 Å². The molecule has 3 aromatic rings. The lowest BCUT2D eigenvalue weighted by atomic mass is 10.2. The molecule has 0 bridgehead atoms. The van der Waals surface area contributed by atoms with Crippen molar-refractivity contribution in [3.8, 4) is 0 Å². The lowest BCUT2D eigenvalue weighted by Gasteiger charge is -2.27. The first kappa shape index (κ1) is 23.7. The number of amides is 1. The summed E-state index contributed by atoms with van der Waals surface area (Å²) in [5.41, 5.74) is 2.25. The van der Waals surface area contributed by atoms with Crippen LogP contribution >= 0.6 is 0 Å². The number of nitrogens with zero attached hydrogens (tertiary/aromatic N) is 3. The summed E-state index contributed by atoms with van der Waals surface area (Å²) in [5, 5.41) is 7.32. The normalized spacial score (nSPS) is 10.7. The maximum absolute atomic E-state index is 12.9. The zero-order valence-corrected chi connectivity index (χ0v) is 19.0. The minimum absolute atomic E-state index is 0.0108. The minimum Gasteiger partial charge on any atom is -0.451 e. The van der Waals surface area contributed by atoms with E-state index < -0.39 is 12.6 Å². The van der Waals surface area contributed by atoms with E-state index in [1.54, 1.807) is 4.90 Å². The van der Waals surface area contributed by atoms with Crippen LogP contribution in [0.25, 0.3) is 0 Å². The van der Waals surface area contributed by atoms with E-state index in [1.807, 2.05) is 75.4 Å². The first-order chi connectivity index (χ1) is 15.9. The van der Waals surface area contributed by atoms with Crippen LogP contribution in [-0.2, 0) is 16.1 Å². The Morgan fingerprint density at radius 3 is 2.30 bits per heavy atom. The van der Waals surface area contributed by atoms with Crippen LogP contribution in [0.4, 0.5) is 17.1 Å². The number of hydrogen-bond donors (Lipinski definition) is 1. The molecule has 3 rings (SSSR count). The first-order valence-electron chi connectivity index (χ1n) is 10.9. The third-order valence-corrected chi connectivity index (χ3v) is 4.83. The Balaban J connectivity index is 1.66. The fourth-order valence-electron chi connectivity index (χ4n) is 3.32. The van der Waals surface area contributed by atoms with E-state index in [2.05, 4.69) is 10.4 Å². The highest BCUT2D eigenvalue weighted by Gasteiger charge is 2.21. The van der Waals surface area contributed by atoms with Crippen molar-refractivity contribution in [1.29, 1.82) is 0 Å². The number of nitrogens with one attached hydrogen (secondary N) is 1. The summed E-state index contributed by atoms with van der Waals surface area (Å²) in [5.74, 6) is -1.11. The molecule has 8 heteroatoms. The summed E-state index contributed by atoms with van der Waals surface area (Å²) in [7, 11) is 0. The first-order valence-corrected chi connectivity index (χ1v) is 10.9. The van der Waals surface area contributed by atoms with Gasteiger partial charge in [-0.3, -0.25) is 9.59 Å². The van der Waals surface area contributed by atoms with Crippen molar-refractivity contribution in [2.24, 2.45) is 0 Å². The molecule has 0 aliphatic heterocycles. The quantitative estimate of drug-likeness (QED) is 0.498. The number of esters is 1. The average molecular weight is 449 g/mol. The predicted octanol–water partition coefficient (Wildman–Crippen LogP) is 4.00. The SMILES string of the molecule is CCCn1nc(C(=O)OCC(=O)N(c2ccc(Nc3ccccc3)cc2)C(C)C)ccc1=O. The molecule has 0 atom stereocenters. The molecule has 0 saturated carbocycles. The Hall–Kier alpha value is -3.94. The second kappa shape index (κ2) is 11.1. The van der Waals surface area contributed by atoms with E-state index in [4.69, 9.17) is 4.74 Å². The van der Waals surface area contributed by atoms with E-state index in [0.717, 1.165) is 11.4 Å². The Morgan fingerprint density at radius 1 is 1.00 bits per heavy atom. The monoisotopic (exact) mass is 448 g/mol. The van der Waals surface area contributed by atoms with Crippen LogP contribution < -0.4 is 15.8 Å². The topological polar surface area (TPSA) is 93.5 Å². The molecule has 0 radical (unpaired) electrons. The Labute approximate surface area is 192 Å². The lowest BCUT2D eigenvalue weighted by Crippen LogP contribution is -2.40. The number of hydrogen-bond acceptors (Lipinski definition) is 6. The average Bonchev–Trinajstić information content (AvgIpc) is 2.81. The molecule has 1 N–H and O–H groups in total. The van der Waals surface area contributed by atoms with Gasteiger partial charge < -0.3 is 15.0 Å². The maximum Gasteiger partial charge on any atom is 0.359 e. The second-order valence-corrected chi connectivity index (χ2v) is 7.75. The third-order valence-electron chi connectivity index (χ3n) is 4.83. The van der Waals surface area contributed by atoms with Gasteiger partial charge in [-0.25, -0.2) is 9.48 Å². The number of para-hydroxylation sites is 1. The van der Waals surface area contributed by atoms with E-state index in [1.165, 1.54) is 16.8 Å². The number of rotatable bonds is 9. The third kappa shape index (κ3) is 6.29. The van der Waals surface area contributed by atoms with Crippen LogP contribution in [-0.4, -0.2) is 34.3 Å². The van der Waals surface area contributed by atoms with Crippen LogP contribution in [0.5, 0.6) is 0 Å². The van der Waals surface area contributed by atoms with Gasteiger partial charge in [0.15, 0.2) is 12.3 Å². The van der Waals surface area contributed by atoms with Crippen molar-refractivity contribution in [1.82, 2.24) is 9.78 Å². The van der Waals surface area contributed by atoms with E-state index in [9.17, 15) is 14.4 Å². The van der Waals surface area contributed by atoms with Gasteiger partial charge in [0.2, 0.25) is 0 Å². The molecule has 0 saturated heterocycles. The molecule has 172 valence electrons. The number of aryl methyl sites for hydroxylation is 1. The van der Waals surface area contributed by atoms with Gasteiger partial charge in [0, 0.05) is 35.7 Å². The summed E-state index contributed by atoms with van der Waals surface area (Å²) >= 11 is 0. The van der Waals surface area contributed by atoms with Gasteiger partial charge in [0.1, 0.15) is 0 Å². The van der Waals surface area contributed by atoms with Gasteiger partial charge in [0.25, 0.3) is 11.5 Å². The Bertz CT molecular complexity index is 1140. The lowest BCUT2D eigenvalue weighted by molar-refractivity contribution is -0.122. The minimum atomic E-state index is -0.751. The van der Waals surface area contributed by atoms with Crippen molar-refractivity contribution < 1.29 is 14.3 Å². The zero-order chi connectivity index (χ0) is 23.8. The standard InChI is InChI=1S/C25H28N4O4/c1-4-16-28-23(30)15-14-22(27-28)25(32)33-17-24(31)29(18(2)3)21-12-10-20(11-13-21)26-19-8-6-5-7-9-19/h5-15,18,26H,4,16-17H2,1-3H3. The highest BCUT2D eigenvalue weighted by molar-refractivity contribution is 5.97. The fourth-order valence-corrected chi connectivity index (χ4v) is 3.32. The molecule has 0 aliphatic rings. The summed E-state index contributed by atoms with van der Waals surface area (Å²) in [6, 6.07) is 19.7. The van der Waals surface area contributed by atoms with Crippen molar-refractivity contribution in [3.63, 3.8) is 0 Å². The molecule has 8 nitrogen and oxygen atoms in total. The second-order valence-electron chi connectivity index (χ2n) is 7.75. The van der Waals surface area contributed by atoms with Gasteiger partial charge in [0.05, 0.1) is 0 Å². The smallest absolute Gasteiger partial charge is 0.359 e. The van der Waals surface area contributed by atoms with E-state index in [0.29, 0.717) is 18.7 Å². The van der Waals surface area contributed by atoms with Gasteiger partial charge in [-0.15, -0.1) is 0 Å². The molecule has 0 aliphatic carbocycles. The Kier molecular flexibility index (Phi) is 7.96. The van der Waals surface area contributed by atoms with Gasteiger partial charge >= 0.3 is 5.97 Å². The zero-order valence-electron chi connectivity index (χ0n) is 19.0. The van der Waals surface area contributed by atoms with Crippen molar-refractivity contribution in [3.05, 3.63) is 82.8 Å². The number of benzene rings is 2. The van der Waals surface area contributed by atoms with Crippen LogP contribution in [0.15, 0.2) is 71.5 Å². The van der Waals surface area contributed by atoms with E-state index in [-0.39, 0.29) is 23.2 Å². The number of ether oxygens (including phenoxy) is 1. The number of aromatic nitrogens is 2. The maximum atomic E-state index is 12.9. The summed E-state index contributed by atoms with van der Waals surface area (Å²) < 4.78 is 6.41. The van der Waals surface area contributed by atoms with Gasteiger partial charge in [-0.05, 0) is 62.7 Å². The van der Waals surface area contributed by atoms with Gasteiger partial charge in [-0.1, -0.05) is 25.1 Å². The van der Waals surface area contributed by atoms with Gasteiger partial charge in [-0.2, -0.15) is 5.10 Å². The highest BCUT2D eigenvalue weighted by atomic mass is 16.5. The van der Waals surface area contributed by atoms with Crippen molar-refractivity contribution in [2.75, 3.05) is 16.8 Å². The summed E-state index contributed by atoms with van der Waals surface area (Å²) in [6.45, 7) is 5.64. The van der Waals surface area contributed by atoms with Crippen LogP contribution in [0.2, 0.25) is 0 Å². The van der Waals surface area contributed by atoms with Crippen LogP contribution in [0.1, 0.15) is 37.7 Å². The van der Waals surface area contributed by atoms with Crippen LogP contribution in [0, 0.1) is 0 Å².